The molecular formula is C11H20O3. The molecule has 0 aliphatic heterocycles. The fourth-order valence-corrected chi connectivity index (χ4v) is 1.43. The number of esters is 1. The molecule has 0 aromatic carbocycles. The minimum atomic E-state index is -0.652. The Bertz CT molecular complexity index is 229. The highest BCUT2D eigenvalue weighted by Crippen LogP contribution is 2.31. The molecule has 0 spiro atoms. The Morgan fingerprint density at radius 3 is 1.86 bits per heavy atom. The van der Waals surface area contributed by atoms with E-state index >= 15 is 0 Å². The third-order valence-electron chi connectivity index (χ3n) is 2.80. The van der Waals surface area contributed by atoms with Crippen LogP contribution >= 0.6 is 0 Å². The van der Waals surface area contributed by atoms with Gasteiger partial charge in [-0.3, -0.25) is 9.59 Å². The molecule has 1 unspecified atom stereocenters. The largest absolute Gasteiger partial charge is 0.469 e. The fraction of sp³-hybridized carbons (Fsp3) is 0.818. The molecule has 0 rings (SSSR count). The van der Waals surface area contributed by atoms with E-state index in [2.05, 4.69) is 4.74 Å². The van der Waals surface area contributed by atoms with Gasteiger partial charge in [0.05, 0.1) is 13.0 Å². The van der Waals surface area contributed by atoms with Crippen molar-refractivity contribution < 1.29 is 14.3 Å². The van der Waals surface area contributed by atoms with Crippen molar-refractivity contribution in [2.24, 2.45) is 17.3 Å². The summed E-state index contributed by atoms with van der Waals surface area (Å²) in [6.45, 7) is 8.99. The lowest BCUT2D eigenvalue weighted by atomic mass is 9.73. The monoisotopic (exact) mass is 200 g/mol. The molecule has 3 nitrogen and oxygen atoms in total. The first-order valence-electron chi connectivity index (χ1n) is 4.87. The molecule has 0 saturated heterocycles. The number of ketones is 1. The van der Waals surface area contributed by atoms with E-state index in [0.717, 1.165) is 0 Å². The number of hydrogen-bond acceptors (Lipinski definition) is 3. The summed E-state index contributed by atoms with van der Waals surface area (Å²) in [4.78, 5) is 23.1. The van der Waals surface area contributed by atoms with Gasteiger partial charge < -0.3 is 4.74 Å². The van der Waals surface area contributed by atoms with Crippen LogP contribution in [0.2, 0.25) is 0 Å². The Morgan fingerprint density at radius 1 is 1.14 bits per heavy atom. The Hall–Kier alpha value is -0.860. The number of Topliss-reactive ketones (excluding diaryl/α,β-unsaturated/α-hetero) is 1. The smallest absolute Gasteiger partial charge is 0.309 e. The maximum atomic E-state index is 11.8. The first-order chi connectivity index (χ1) is 6.25. The molecule has 82 valence electrons. The normalized spacial score (nSPS) is 13.9. The van der Waals surface area contributed by atoms with E-state index in [1.54, 1.807) is 20.8 Å². The van der Waals surface area contributed by atoms with Gasteiger partial charge >= 0.3 is 5.97 Å². The summed E-state index contributed by atoms with van der Waals surface area (Å²) in [5.41, 5.74) is -0.652. The third kappa shape index (κ3) is 2.56. The molecule has 0 heterocycles. The van der Waals surface area contributed by atoms with E-state index < -0.39 is 11.3 Å². The highest BCUT2D eigenvalue weighted by molar-refractivity contribution is 5.90. The van der Waals surface area contributed by atoms with E-state index in [1.165, 1.54) is 7.11 Å². The highest BCUT2D eigenvalue weighted by atomic mass is 16.5. The Morgan fingerprint density at radius 2 is 1.57 bits per heavy atom. The van der Waals surface area contributed by atoms with Crippen LogP contribution in [0.4, 0.5) is 0 Å². The second-order valence-electron chi connectivity index (χ2n) is 4.49. The molecule has 1 atom stereocenters. The van der Waals surface area contributed by atoms with E-state index in [4.69, 9.17) is 0 Å². The average molecular weight is 200 g/mol. The summed E-state index contributed by atoms with van der Waals surface area (Å²) in [5.74, 6) is -0.695. The van der Waals surface area contributed by atoms with Gasteiger partial charge in [-0.25, -0.2) is 0 Å². The molecule has 0 saturated carbocycles. The third-order valence-corrected chi connectivity index (χ3v) is 2.80. The van der Waals surface area contributed by atoms with Crippen LogP contribution in [0, 0.1) is 17.3 Å². The fourth-order valence-electron chi connectivity index (χ4n) is 1.43. The Labute approximate surface area is 85.8 Å². The van der Waals surface area contributed by atoms with E-state index in [-0.39, 0.29) is 17.7 Å². The molecule has 0 N–H and O–H groups in total. The lowest BCUT2D eigenvalue weighted by Crippen LogP contribution is -2.38. The lowest BCUT2D eigenvalue weighted by molar-refractivity contribution is -0.153. The second kappa shape index (κ2) is 4.58. The summed E-state index contributed by atoms with van der Waals surface area (Å²) >= 11 is 0. The maximum absolute atomic E-state index is 11.8. The van der Waals surface area contributed by atoms with Gasteiger partial charge in [-0.2, -0.15) is 0 Å². The molecule has 0 aliphatic rings. The minimum absolute atomic E-state index is 0.0582. The van der Waals surface area contributed by atoms with Crippen LogP contribution in [0.15, 0.2) is 0 Å². The molecule has 0 aromatic rings. The lowest BCUT2D eigenvalue weighted by Gasteiger charge is -2.29. The molecular weight excluding hydrogens is 180 g/mol. The Kier molecular flexibility index (Phi) is 4.30. The van der Waals surface area contributed by atoms with Crippen molar-refractivity contribution in [3.63, 3.8) is 0 Å². The summed E-state index contributed by atoms with van der Waals surface area (Å²) in [5, 5.41) is 0. The summed E-state index contributed by atoms with van der Waals surface area (Å²) < 4.78 is 4.64. The number of methoxy groups -OCH3 is 1. The molecule has 14 heavy (non-hydrogen) atoms. The van der Waals surface area contributed by atoms with E-state index in [1.807, 2.05) is 13.8 Å². The van der Waals surface area contributed by atoms with Crippen LogP contribution in [0.25, 0.3) is 0 Å². The molecule has 0 amide bonds. The molecule has 0 fully saturated rings. The topological polar surface area (TPSA) is 43.4 Å². The second-order valence-corrected chi connectivity index (χ2v) is 4.49. The Balaban J connectivity index is 4.77. The van der Waals surface area contributed by atoms with Gasteiger partial charge in [0.25, 0.3) is 0 Å². The van der Waals surface area contributed by atoms with Gasteiger partial charge in [-0.05, 0) is 0 Å². The summed E-state index contributed by atoms with van der Waals surface area (Å²) in [6, 6.07) is 0. The van der Waals surface area contributed by atoms with Gasteiger partial charge in [0.1, 0.15) is 5.78 Å². The number of ether oxygens (including phenoxy) is 1. The van der Waals surface area contributed by atoms with E-state index in [9.17, 15) is 9.59 Å². The van der Waals surface area contributed by atoms with Crippen molar-refractivity contribution in [1.29, 1.82) is 0 Å². The number of hydrogen-bond donors (Lipinski definition) is 0. The van der Waals surface area contributed by atoms with Gasteiger partial charge in [-0.1, -0.05) is 34.6 Å². The molecule has 3 heteroatoms. The minimum Gasteiger partial charge on any atom is -0.469 e. The van der Waals surface area contributed by atoms with Crippen molar-refractivity contribution in [2.45, 2.75) is 34.6 Å². The predicted octanol–water partition coefficient (Wildman–Crippen LogP) is 2.05. The standard InChI is InChI=1S/C11H20O3/c1-7(2)9(12)11(4,5)8(3)10(13)14-6/h7-8H,1-6H3. The maximum Gasteiger partial charge on any atom is 0.309 e. The van der Waals surface area contributed by atoms with Gasteiger partial charge in [0, 0.05) is 11.3 Å². The first-order valence-corrected chi connectivity index (χ1v) is 4.87. The summed E-state index contributed by atoms with van der Waals surface area (Å²) in [6.07, 6.45) is 0. The van der Waals surface area contributed by atoms with Crippen LogP contribution in [0.1, 0.15) is 34.6 Å². The van der Waals surface area contributed by atoms with E-state index in [0.29, 0.717) is 0 Å². The van der Waals surface area contributed by atoms with Crippen molar-refractivity contribution in [3.05, 3.63) is 0 Å². The molecule has 0 radical (unpaired) electrons. The van der Waals surface area contributed by atoms with Crippen LogP contribution in [-0.4, -0.2) is 18.9 Å². The highest BCUT2D eigenvalue weighted by Gasteiger charge is 2.39. The first kappa shape index (κ1) is 13.1. The number of rotatable bonds is 4. The van der Waals surface area contributed by atoms with Crippen LogP contribution < -0.4 is 0 Å². The summed E-state index contributed by atoms with van der Waals surface area (Å²) in [7, 11) is 1.34. The zero-order valence-corrected chi connectivity index (χ0v) is 9.88. The van der Waals surface area contributed by atoms with Crippen molar-refractivity contribution in [3.8, 4) is 0 Å². The molecule has 0 bridgehead atoms. The number of carbonyl (C=O) groups is 2. The van der Waals surface area contributed by atoms with Crippen LogP contribution in [-0.2, 0) is 14.3 Å². The predicted molar refractivity (Wildman–Crippen MR) is 54.8 cm³/mol. The van der Waals surface area contributed by atoms with Gasteiger partial charge in [-0.15, -0.1) is 0 Å². The van der Waals surface area contributed by atoms with Crippen LogP contribution in [0.3, 0.4) is 0 Å². The SMILES string of the molecule is COC(=O)C(C)C(C)(C)C(=O)C(C)C. The zero-order valence-electron chi connectivity index (χ0n) is 9.88. The average Bonchev–Trinajstić information content (AvgIpc) is 2.13. The van der Waals surface area contributed by atoms with Crippen molar-refractivity contribution in [2.75, 3.05) is 7.11 Å². The van der Waals surface area contributed by atoms with Crippen molar-refractivity contribution >= 4 is 11.8 Å². The molecule has 0 aromatic heterocycles. The van der Waals surface area contributed by atoms with Crippen LogP contribution in [0.5, 0.6) is 0 Å². The quantitative estimate of drug-likeness (QED) is 0.652. The number of carbonyl (C=O) groups excluding carboxylic acids is 2. The zero-order chi connectivity index (χ0) is 11.5. The van der Waals surface area contributed by atoms with Gasteiger partial charge in [0.2, 0.25) is 0 Å². The van der Waals surface area contributed by atoms with Gasteiger partial charge in [0.15, 0.2) is 0 Å². The molecule has 0 aliphatic carbocycles. The van der Waals surface area contributed by atoms with Crippen molar-refractivity contribution in [1.82, 2.24) is 0 Å².